The van der Waals surface area contributed by atoms with Gasteiger partial charge in [-0.05, 0) is 23.3 Å². The summed E-state index contributed by atoms with van der Waals surface area (Å²) in [6, 6.07) is 5.29. The van der Waals surface area contributed by atoms with Crippen LogP contribution in [0, 0.1) is 0 Å². The van der Waals surface area contributed by atoms with Crippen LogP contribution in [0.25, 0.3) is 0 Å². The Balaban J connectivity index is 2.24. The number of nitrogens with zero attached hydrogens (tertiary/aromatic N) is 2. The molecule has 104 valence electrons. The SMILES string of the molecule is C=C(C(C)c1ccc(Cl)cc1Cl)C(O)c1cncnc1. The van der Waals surface area contributed by atoms with Crippen molar-refractivity contribution >= 4 is 23.2 Å². The van der Waals surface area contributed by atoms with Crippen LogP contribution in [-0.4, -0.2) is 15.1 Å². The molecule has 1 N–H and O–H groups in total. The first kappa shape index (κ1) is 15.0. The third kappa shape index (κ3) is 3.18. The van der Waals surface area contributed by atoms with Gasteiger partial charge >= 0.3 is 0 Å². The third-order valence-corrected chi connectivity index (χ3v) is 3.80. The summed E-state index contributed by atoms with van der Waals surface area (Å²) in [6.07, 6.45) is 3.72. The Hall–Kier alpha value is -1.42. The van der Waals surface area contributed by atoms with Gasteiger partial charge in [-0.15, -0.1) is 0 Å². The van der Waals surface area contributed by atoms with Gasteiger partial charge in [-0.3, -0.25) is 0 Å². The van der Waals surface area contributed by atoms with Crippen LogP contribution in [0.3, 0.4) is 0 Å². The third-order valence-electron chi connectivity index (χ3n) is 3.23. The summed E-state index contributed by atoms with van der Waals surface area (Å²) in [6.45, 7) is 5.91. The van der Waals surface area contributed by atoms with E-state index in [1.54, 1.807) is 24.5 Å². The van der Waals surface area contributed by atoms with Crippen LogP contribution in [0.15, 0.2) is 49.1 Å². The van der Waals surface area contributed by atoms with Crippen molar-refractivity contribution < 1.29 is 5.11 Å². The molecule has 0 saturated carbocycles. The van der Waals surface area contributed by atoms with E-state index in [2.05, 4.69) is 16.5 Å². The Morgan fingerprint density at radius 3 is 2.50 bits per heavy atom. The van der Waals surface area contributed by atoms with E-state index < -0.39 is 6.10 Å². The number of halogens is 2. The molecule has 2 unspecified atom stereocenters. The molecule has 0 aliphatic heterocycles. The van der Waals surface area contributed by atoms with Crippen molar-refractivity contribution in [2.24, 2.45) is 0 Å². The molecule has 0 aliphatic rings. The van der Waals surface area contributed by atoms with Crippen molar-refractivity contribution in [3.63, 3.8) is 0 Å². The summed E-state index contributed by atoms with van der Waals surface area (Å²) in [7, 11) is 0. The minimum absolute atomic E-state index is 0.116. The van der Waals surface area contributed by atoms with E-state index in [1.165, 1.54) is 6.33 Å². The Labute approximate surface area is 127 Å². The second-order valence-corrected chi connectivity index (χ2v) is 5.38. The standard InChI is InChI=1S/C15H14Cl2N2O/c1-9(13-4-3-12(16)5-14(13)17)10(2)15(20)11-6-18-8-19-7-11/h3-9,15,20H,2H2,1H3. The minimum atomic E-state index is -0.835. The highest BCUT2D eigenvalue weighted by atomic mass is 35.5. The van der Waals surface area contributed by atoms with Crippen LogP contribution in [0.1, 0.15) is 30.1 Å². The van der Waals surface area contributed by atoms with Crippen molar-refractivity contribution in [1.82, 2.24) is 9.97 Å². The van der Waals surface area contributed by atoms with Crippen LogP contribution in [0.5, 0.6) is 0 Å². The number of benzene rings is 1. The molecular formula is C15H14Cl2N2O. The summed E-state index contributed by atoms with van der Waals surface area (Å²) in [5.74, 6) is -0.116. The molecule has 0 saturated heterocycles. The van der Waals surface area contributed by atoms with Crippen molar-refractivity contribution in [3.05, 3.63) is 70.2 Å². The number of aromatic nitrogens is 2. The molecule has 0 aliphatic carbocycles. The van der Waals surface area contributed by atoms with Gasteiger partial charge in [0, 0.05) is 33.9 Å². The zero-order chi connectivity index (χ0) is 14.7. The lowest BCUT2D eigenvalue weighted by atomic mass is 9.88. The molecule has 0 spiro atoms. The average molecular weight is 309 g/mol. The van der Waals surface area contributed by atoms with Gasteiger partial charge < -0.3 is 5.11 Å². The molecule has 5 heteroatoms. The Bertz CT molecular complexity index is 617. The first-order valence-corrected chi connectivity index (χ1v) is 6.83. The molecule has 0 radical (unpaired) electrons. The first-order valence-electron chi connectivity index (χ1n) is 6.07. The molecule has 20 heavy (non-hydrogen) atoms. The molecule has 1 aromatic carbocycles. The van der Waals surface area contributed by atoms with E-state index in [1.807, 2.05) is 13.0 Å². The van der Waals surface area contributed by atoms with Gasteiger partial charge in [0.1, 0.15) is 12.4 Å². The quantitative estimate of drug-likeness (QED) is 0.862. The lowest BCUT2D eigenvalue weighted by molar-refractivity contribution is 0.208. The topological polar surface area (TPSA) is 46.0 Å². The van der Waals surface area contributed by atoms with Gasteiger partial charge in [0.15, 0.2) is 0 Å². The molecule has 3 nitrogen and oxygen atoms in total. The van der Waals surface area contributed by atoms with Crippen molar-refractivity contribution in [2.75, 3.05) is 0 Å². The van der Waals surface area contributed by atoms with Crippen molar-refractivity contribution in [3.8, 4) is 0 Å². The summed E-state index contributed by atoms with van der Waals surface area (Å²) >= 11 is 12.1. The summed E-state index contributed by atoms with van der Waals surface area (Å²) in [5, 5.41) is 11.5. The van der Waals surface area contributed by atoms with Crippen LogP contribution < -0.4 is 0 Å². The highest BCUT2D eigenvalue weighted by molar-refractivity contribution is 6.35. The Kier molecular flexibility index (Phi) is 4.76. The van der Waals surface area contributed by atoms with E-state index >= 15 is 0 Å². The maximum atomic E-state index is 10.3. The highest BCUT2D eigenvalue weighted by Gasteiger charge is 2.21. The molecule has 0 amide bonds. The number of aliphatic hydroxyl groups excluding tert-OH is 1. The predicted octanol–water partition coefficient (Wildman–Crippen LogP) is 4.18. The van der Waals surface area contributed by atoms with Crippen molar-refractivity contribution in [2.45, 2.75) is 18.9 Å². The first-order chi connectivity index (χ1) is 9.50. The maximum absolute atomic E-state index is 10.3. The summed E-state index contributed by atoms with van der Waals surface area (Å²) < 4.78 is 0. The Morgan fingerprint density at radius 2 is 1.90 bits per heavy atom. The fourth-order valence-electron chi connectivity index (χ4n) is 1.96. The predicted molar refractivity (Wildman–Crippen MR) is 81.0 cm³/mol. The average Bonchev–Trinajstić information content (AvgIpc) is 2.46. The van der Waals surface area contributed by atoms with Crippen LogP contribution in [-0.2, 0) is 0 Å². The molecule has 2 rings (SSSR count). The second-order valence-electron chi connectivity index (χ2n) is 4.54. The van der Waals surface area contributed by atoms with E-state index in [-0.39, 0.29) is 5.92 Å². The monoisotopic (exact) mass is 308 g/mol. The van der Waals surface area contributed by atoms with Gasteiger partial charge in [0.05, 0.1) is 0 Å². The van der Waals surface area contributed by atoms with Gasteiger partial charge in [-0.25, -0.2) is 9.97 Å². The van der Waals surface area contributed by atoms with Gasteiger partial charge in [0.2, 0.25) is 0 Å². The van der Waals surface area contributed by atoms with E-state index in [4.69, 9.17) is 23.2 Å². The van der Waals surface area contributed by atoms with Gasteiger partial charge in [0.25, 0.3) is 0 Å². The lowest BCUT2D eigenvalue weighted by Gasteiger charge is -2.21. The minimum Gasteiger partial charge on any atom is -0.384 e. The van der Waals surface area contributed by atoms with Crippen LogP contribution in [0.4, 0.5) is 0 Å². The molecule has 1 heterocycles. The van der Waals surface area contributed by atoms with Crippen LogP contribution in [0.2, 0.25) is 10.0 Å². The smallest absolute Gasteiger partial charge is 0.115 e. The van der Waals surface area contributed by atoms with E-state index in [9.17, 15) is 5.11 Å². The van der Waals surface area contributed by atoms with E-state index in [0.29, 0.717) is 21.2 Å². The number of rotatable bonds is 4. The van der Waals surface area contributed by atoms with Crippen molar-refractivity contribution in [1.29, 1.82) is 0 Å². The molecule has 1 aromatic heterocycles. The second kappa shape index (κ2) is 6.35. The molecule has 0 bridgehead atoms. The number of hydrogen-bond acceptors (Lipinski definition) is 3. The summed E-state index contributed by atoms with van der Waals surface area (Å²) in [4.78, 5) is 7.79. The lowest BCUT2D eigenvalue weighted by Crippen LogP contribution is -2.08. The molecule has 0 fully saturated rings. The number of aliphatic hydroxyl groups is 1. The Morgan fingerprint density at radius 1 is 1.25 bits per heavy atom. The molecular weight excluding hydrogens is 295 g/mol. The molecule has 2 aromatic rings. The van der Waals surface area contributed by atoms with Gasteiger partial charge in [-0.1, -0.05) is 42.8 Å². The van der Waals surface area contributed by atoms with Gasteiger partial charge in [-0.2, -0.15) is 0 Å². The largest absolute Gasteiger partial charge is 0.384 e. The zero-order valence-electron chi connectivity index (χ0n) is 10.9. The fourth-order valence-corrected chi connectivity index (χ4v) is 2.53. The number of hydrogen-bond donors (Lipinski definition) is 1. The normalized spacial score (nSPS) is 13.8. The fraction of sp³-hybridized carbons (Fsp3) is 0.200. The highest BCUT2D eigenvalue weighted by Crippen LogP contribution is 2.36. The summed E-state index contributed by atoms with van der Waals surface area (Å²) in [5.41, 5.74) is 2.11. The molecule has 2 atom stereocenters. The van der Waals surface area contributed by atoms with E-state index in [0.717, 1.165) is 5.56 Å². The maximum Gasteiger partial charge on any atom is 0.115 e. The van der Waals surface area contributed by atoms with Crippen LogP contribution >= 0.6 is 23.2 Å². The zero-order valence-corrected chi connectivity index (χ0v) is 12.4.